The van der Waals surface area contributed by atoms with E-state index in [1.54, 1.807) is 0 Å². The fraction of sp³-hybridized carbons (Fsp3) is 0.615. The van der Waals surface area contributed by atoms with Crippen molar-refractivity contribution in [2.75, 3.05) is 0 Å². The normalized spacial score (nSPS) is 13.9. The first-order valence-corrected chi connectivity index (χ1v) is 5.90. The van der Waals surface area contributed by atoms with E-state index in [2.05, 4.69) is 6.92 Å². The zero-order valence-electron chi connectivity index (χ0n) is 10.3. The molecule has 15 heavy (non-hydrogen) atoms. The molecule has 0 unspecified atom stereocenters. The van der Waals surface area contributed by atoms with Crippen LogP contribution in [-0.2, 0) is 13.0 Å². The minimum absolute atomic E-state index is 0.209. The zero-order valence-corrected chi connectivity index (χ0v) is 10.3. The minimum Gasteiger partial charge on any atom is -0.312 e. The molecule has 0 saturated carbocycles. The molecular weight excluding hydrogens is 186 g/mol. The van der Waals surface area contributed by atoms with Gasteiger partial charge in [-0.3, -0.25) is 4.79 Å². The fourth-order valence-electron chi connectivity index (χ4n) is 2.15. The molecular formula is C13H21NO. The maximum absolute atomic E-state index is 11.7. The highest BCUT2D eigenvalue weighted by atomic mass is 16.1. The second kappa shape index (κ2) is 5.15. The SMILES string of the molecule is CC.Cc1cc(C)c(=O)n2c1CCCC2. The van der Waals surface area contributed by atoms with Crippen LogP contribution in [0.3, 0.4) is 0 Å². The molecule has 0 saturated heterocycles. The van der Waals surface area contributed by atoms with Gasteiger partial charge in [-0.05, 0) is 44.7 Å². The maximum Gasteiger partial charge on any atom is 0.253 e. The Balaban J connectivity index is 0.000000531. The van der Waals surface area contributed by atoms with Gasteiger partial charge < -0.3 is 4.57 Å². The van der Waals surface area contributed by atoms with Gasteiger partial charge in [-0.2, -0.15) is 0 Å². The van der Waals surface area contributed by atoms with Crippen molar-refractivity contribution in [1.82, 2.24) is 4.57 Å². The summed E-state index contributed by atoms with van der Waals surface area (Å²) in [6, 6.07) is 2.01. The predicted octanol–water partition coefficient (Wildman–Crippen LogP) is 2.83. The summed E-state index contributed by atoms with van der Waals surface area (Å²) >= 11 is 0. The van der Waals surface area contributed by atoms with Crippen LogP contribution in [0, 0.1) is 13.8 Å². The van der Waals surface area contributed by atoms with Crippen molar-refractivity contribution in [3.05, 3.63) is 33.2 Å². The molecule has 0 aliphatic carbocycles. The highest BCUT2D eigenvalue weighted by Crippen LogP contribution is 2.16. The van der Waals surface area contributed by atoms with Crippen molar-refractivity contribution in [2.45, 2.75) is 53.5 Å². The Labute approximate surface area is 91.9 Å². The lowest BCUT2D eigenvalue weighted by Crippen LogP contribution is -2.29. The van der Waals surface area contributed by atoms with E-state index in [9.17, 15) is 4.79 Å². The number of pyridine rings is 1. The van der Waals surface area contributed by atoms with Gasteiger partial charge in [0.1, 0.15) is 0 Å². The predicted molar refractivity (Wildman–Crippen MR) is 64.5 cm³/mol. The van der Waals surface area contributed by atoms with Crippen LogP contribution in [0.25, 0.3) is 0 Å². The van der Waals surface area contributed by atoms with Gasteiger partial charge in [0.25, 0.3) is 5.56 Å². The summed E-state index contributed by atoms with van der Waals surface area (Å²) < 4.78 is 1.95. The van der Waals surface area contributed by atoms with Crippen LogP contribution in [0.1, 0.15) is 43.5 Å². The number of hydrogen-bond acceptors (Lipinski definition) is 1. The van der Waals surface area contributed by atoms with Crippen molar-refractivity contribution in [3.63, 3.8) is 0 Å². The van der Waals surface area contributed by atoms with E-state index in [0.717, 1.165) is 24.9 Å². The summed E-state index contributed by atoms with van der Waals surface area (Å²) in [6.45, 7) is 8.91. The Bertz CT molecular complexity index is 390. The van der Waals surface area contributed by atoms with Crippen molar-refractivity contribution < 1.29 is 0 Å². The quantitative estimate of drug-likeness (QED) is 0.641. The van der Waals surface area contributed by atoms with Crippen LogP contribution in [0.4, 0.5) is 0 Å². The number of aryl methyl sites for hydroxylation is 2. The number of rotatable bonds is 0. The second-order valence-corrected chi connectivity index (χ2v) is 3.87. The lowest BCUT2D eigenvalue weighted by atomic mass is 10.0. The molecule has 2 nitrogen and oxygen atoms in total. The van der Waals surface area contributed by atoms with E-state index in [4.69, 9.17) is 0 Å². The molecule has 0 bridgehead atoms. The third-order valence-electron chi connectivity index (χ3n) is 2.84. The molecule has 0 aromatic carbocycles. The van der Waals surface area contributed by atoms with Gasteiger partial charge in [0.15, 0.2) is 0 Å². The summed E-state index contributed by atoms with van der Waals surface area (Å²) in [7, 11) is 0. The highest BCUT2D eigenvalue weighted by Gasteiger charge is 2.13. The average Bonchev–Trinajstić information content (AvgIpc) is 2.29. The van der Waals surface area contributed by atoms with Crippen LogP contribution < -0.4 is 5.56 Å². The largest absolute Gasteiger partial charge is 0.312 e. The summed E-state index contributed by atoms with van der Waals surface area (Å²) in [5.41, 5.74) is 3.61. The van der Waals surface area contributed by atoms with Crippen LogP contribution in [-0.4, -0.2) is 4.57 Å². The maximum atomic E-state index is 11.7. The molecule has 2 heterocycles. The van der Waals surface area contributed by atoms with E-state index in [1.165, 1.54) is 17.7 Å². The molecule has 0 spiro atoms. The molecule has 2 rings (SSSR count). The monoisotopic (exact) mass is 207 g/mol. The van der Waals surface area contributed by atoms with Crippen LogP contribution in [0.5, 0.6) is 0 Å². The summed E-state index contributed by atoms with van der Waals surface area (Å²) in [6.07, 6.45) is 3.44. The van der Waals surface area contributed by atoms with Gasteiger partial charge in [0, 0.05) is 17.8 Å². The molecule has 1 aromatic heterocycles. The van der Waals surface area contributed by atoms with Crippen molar-refractivity contribution >= 4 is 0 Å². The van der Waals surface area contributed by atoms with E-state index < -0.39 is 0 Å². The zero-order chi connectivity index (χ0) is 11.4. The Morgan fingerprint density at radius 1 is 1.13 bits per heavy atom. The molecule has 0 N–H and O–H groups in total. The molecule has 0 atom stereocenters. The Hall–Kier alpha value is -1.05. The topological polar surface area (TPSA) is 22.0 Å². The third-order valence-corrected chi connectivity index (χ3v) is 2.84. The Kier molecular flexibility index (Phi) is 4.13. The number of aromatic nitrogens is 1. The molecule has 84 valence electrons. The molecule has 0 amide bonds. The van der Waals surface area contributed by atoms with Crippen LogP contribution in [0.2, 0.25) is 0 Å². The van der Waals surface area contributed by atoms with Crippen molar-refractivity contribution in [1.29, 1.82) is 0 Å². The van der Waals surface area contributed by atoms with Gasteiger partial charge in [-0.1, -0.05) is 13.8 Å². The van der Waals surface area contributed by atoms with Crippen LogP contribution >= 0.6 is 0 Å². The lowest BCUT2D eigenvalue weighted by molar-refractivity contribution is 0.508. The van der Waals surface area contributed by atoms with E-state index in [1.807, 2.05) is 31.4 Å². The minimum atomic E-state index is 0.209. The van der Waals surface area contributed by atoms with E-state index in [0.29, 0.717) is 0 Å². The molecule has 1 aromatic rings. The Morgan fingerprint density at radius 2 is 1.80 bits per heavy atom. The van der Waals surface area contributed by atoms with Gasteiger partial charge in [-0.15, -0.1) is 0 Å². The molecule has 0 fully saturated rings. The third kappa shape index (κ3) is 2.31. The molecule has 0 radical (unpaired) electrons. The number of fused-ring (bicyclic) bond motifs is 1. The van der Waals surface area contributed by atoms with Gasteiger partial charge in [0.2, 0.25) is 0 Å². The highest BCUT2D eigenvalue weighted by molar-refractivity contribution is 5.25. The molecule has 2 heteroatoms. The Morgan fingerprint density at radius 3 is 2.47 bits per heavy atom. The summed E-state index contributed by atoms with van der Waals surface area (Å²) in [5, 5.41) is 0. The summed E-state index contributed by atoms with van der Waals surface area (Å²) in [4.78, 5) is 11.7. The van der Waals surface area contributed by atoms with Crippen molar-refractivity contribution in [3.8, 4) is 0 Å². The standard InChI is InChI=1S/C11H15NO.C2H6/c1-8-7-9(2)11(13)12-6-4-3-5-10(8)12;1-2/h7H,3-6H2,1-2H3;1-2H3. The first-order valence-electron chi connectivity index (χ1n) is 5.90. The number of hydrogen-bond donors (Lipinski definition) is 0. The fourth-order valence-corrected chi connectivity index (χ4v) is 2.15. The van der Waals surface area contributed by atoms with E-state index >= 15 is 0 Å². The smallest absolute Gasteiger partial charge is 0.253 e. The van der Waals surface area contributed by atoms with Crippen molar-refractivity contribution in [2.24, 2.45) is 0 Å². The first-order chi connectivity index (χ1) is 7.20. The van der Waals surface area contributed by atoms with Crippen LogP contribution in [0.15, 0.2) is 10.9 Å². The van der Waals surface area contributed by atoms with Gasteiger partial charge in [0.05, 0.1) is 0 Å². The first kappa shape index (κ1) is 12.0. The van der Waals surface area contributed by atoms with Gasteiger partial charge in [-0.25, -0.2) is 0 Å². The molecule has 1 aliphatic heterocycles. The summed E-state index contributed by atoms with van der Waals surface area (Å²) in [5.74, 6) is 0. The molecule has 1 aliphatic rings. The second-order valence-electron chi connectivity index (χ2n) is 3.87. The number of nitrogens with zero attached hydrogens (tertiary/aromatic N) is 1. The average molecular weight is 207 g/mol. The lowest BCUT2D eigenvalue weighted by Gasteiger charge is -2.20. The van der Waals surface area contributed by atoms with E-state index in [-0.39, 0.29) is 5.56 Å². The van der Waals surface area contributed by atoms with Gasteiger partial charge >= 0.3 is 0 Å².